The van der Waals surface area contributed by atoms with Gasteiger partial charge in [-0.05, 0) is 69.0 Å². The maximum atomic E-state index is 4.51. The van der Waals surface area contributed by atoms with Gasteiger partial charge in [-0.2, -0.15) is 0 Å². The molecule has 1 heterocycles. The molecule has 0 aliphatic rings. The van der Waals surface area contributed by atoms with Crippen molar-refractivity contribution >= 4 is 11.0 Å². The van der Waals surface area contributed by atoms with Crippen LogP contribution in [0.15, 0.2) is 18.5 Å². The van der Waals surface area contributed by atoms with Crippen LogP contribution in [0.3, 0.4) is 0 Å². The maximum absolute atomic E-state index is 4.51. The number of nitrogens with one attached hydrogen (secondary N) is 1. The molecule has 110 valence electrons. The number of aryl methyl sites for hydroxylation is 3. The summed E-state index contributed by atoms with van der Waals surface area (Å²) in [5.41, 5.74) is 5.05. The quantitative estimate of drug-likeness (QED) is 0.780. The molecule has 0 bridgehead atoms. The Labute approximate surface area is 122 Å². The van der Waals surface area contributed by atoms with Crippen molar-refractivity contribution in [2.24, 2.45) is 5.92 Å². The molecular formula is C17H27N3. The number of benzene rings is 1. The van der Waals surface area contributed by atoms with Gasteiger partial charge in [0.05, 0.1) is 17.4 Å². The monoisotopic (exact) mass is 273 g/mol. The second-order valence-corrected chi connectivity index (χ2v) is 6.17. The molecule has 2 aromatic rings. The first-order chi connectivity index (χ1) is 9.58. The maximum Gasteiger partial charge on any atom is 0.0958 e. The van der Waals surface area contributed by atoms with Gasteiger partial charge in [-0.15, -0.1) is 0 Å². The molecule has 0 aliphatic carbocycles. The number of unbranched alkanes of at least 4 members (excludes halogenated alkanes) is 1. The number of aromatic nitrogens is 2. The number of imidazole rings is 1. The van der Waals surface area contributed by atoms with Gasteiger partial charge in [-0.1, -0.05) is 13.8 Å². The molecule has 3 heteroatoms. The van der Waals surface area contributed by atoms with Crippen LogP contribution in [0.2, 0.25) is 0 Å². The first-order valence-corrected chi connectivity index (χ1v) is 7.70. The van der Waals surface area contributed by atoms with Crippen LogP contribution in [-0.2, 0) is 6.54 Å². The molecule has 2 rings (SSSR count). The van der Waals surface area contributed by atoms with E-state index in [0.29, 0.717) is 0 Å². The highest BCUT2D eigenvalue weighted by Gasteiger charge is 2.04. The van der Waals surface area contributed by atoms with Gasteiger partial charge in [0.15, 0.2) is 0 Å². The summed E-state index contributed by atoms with van der Waals surface area (Å²) >= 11 is 0. The van der Waals surface area contributed by atoms with E-state index in [-0.39, 0.29) is 0 Å². The molecule has 0 radical (unpaired) electrons. The average Bonchev–Trinajstić information content (AvgIpc) is 2.76. The lowest BCUT2D eigenvalue weighted by molar-refractivity contribution is 0.522. The van der Waals surface area contributed by atoms with Crippen LogP contribution in [0.4, 0.5) is 0 Å². The molecule has 0 saturated heterocycles. The summed E-state index contributed by atoms with van der Waals surface area (Å²) in [6.07, 6.45) is 4.39. The number of hydrogen-bond donors (Lipinski definition) is 1. The molecule has 0 fully saturated rings. The summed E-state index contributed by atoms with van der Waals surface area (Å²) in [5.74, 6) is 0.735. The minimum Gasteiger partial charge on any atom is -0.331 e. The van der Waals surface area contributed by atoms with Gasteiger partial charge in [-0.25, -0.2) is 4.98 Å². The second kappa shape index (κ2) is 6.89. The van der Waals surface area contributed by atoms with E-state index in [4.69, 9.17) is 0 Å². The molecule has 20 heavy (non-hydrogen) atoms. The van der Waals surface area contributed by atoms with E-state index < -0.39 is 0 Å². The van der Waals surface area contributed by atoms with Gasteiger partial charge in [-0.3, -0.25) is 0 Å². The topological polar surface area (TPSA) is 29.9 Å². The molecular weight excluding hydrogens is 246 g/mol. The van der Waals surface area contributed by atoms with Crippen molar-refractivity contribution in [3.63, 3.8) is 0 Å². The van der Waals surface area contributed by atoms with Gasteiger partial charge in [0.2, 0.25) is 0 Å². The molecule has 1 N–H and O–H groups in total. The molecule has 0 aliphatic heterocycles. The van der Waals surface area contributed by atoms with E-state index in [1.54, 1.807) is 0 Å². The van der Waals surface area contributed by atoms with Crippen molar-refractivity contribution in [3.05, 3.63) is 29.6 Å². The zero-order valence-corrected chi connectivity index (χ0v) is 13.2. The van der Waals surface area contributed by atoms with Crippen molar-refractivity contribution in [1.82, 2.24) is 14.9 Å². The summed E-state index contributed by atoms with van der Waals surface area (Å²) in [5, 5.41) is 3.49. The van der Waals surface area contributed by atoms with Gasteiger partial charge >= 0.3 is 0 Å². The lowest BCUT2D eigenvalue weighted by Gasteiger charge is -2.08. The Kier molecular flexibility index (Phi) is 5.18. The Balaban J connectivity index is 1.86. The van der Waals surface area contributed by atoms with Crippen LogP contribution in [0.5, 0.6) is 0 Å². The third-order valence-electron chi connectivity index (χ3n) is 3.79. The van der Waals surface area contributed by atoms with Crippen LogP contribution in [0.25, 0.3) is 11.0 Å². The fourth-order valence-electron chi connectivity index (χ4n) is 2.41. The lowest BCUT2D eigenvalue weighted by atomic mass is 10.1. The summed E-state index contributed by atoms with van der Waals surface area (Å²) in [6.45, 7) is 12.1. The fourth-order valence-corrected chi connectivity index (χ4v) is 2.41. The van der Waals surface area contributed by atoms with Crippen LogP contribution in [0, 0.1) is 19.8 Å². The third-order valence-corrected chi connectivity index (χ3v) is 3.79. The highest BCUT2D eigenvalue weighted by atomic mass is 15.0. The van der Waals surface area contributed by atoms with E-state index in [1.807, 2.05) is 6.33 Å². The highest BCUT2D eigenvalue weighted by Crippen LogP contribution is 2.18. The molecule has 1 aromatic heterocycles. The number of fused-ring (bicyclic) bond motifs is 1. The lowest BCUT2D eigenvalue weighted by Crippen LogP contribution is -2.20. The standard InChI is InChI=1S/C17H27N3/c1-13(2)11-18-7-5-6-8-20-12-19-16-9-14(3)15(4)10-17(16)20/h9-10,12-13,18H,5-8,11H2,1-4H3. The normalized spacial score (nSPS) is 11.7. The summed E-state index contributed by atoms with van der Waals surface area (Å²) in [6, 6.07) is 4.44. The summed E-state index contributed by atoms with van der Waals surface area (Å²) < 4.78 is 2.28. The number of rotatable bonds is 7. The Morgan fingerprint density at radius 3 is 2.65 bits per heavy atom. The van der Waals surface area contributed by atoms with E-state index >= 15 is 0 Å². The number of nitrogens with zero attached hydrogens (tertiary/aromatic N) is 2. The fraction of sp³-hybridized carbons (Fsp3) is 0.588. The van der Waals surface area contributed by atoms with E-state index in [2.05, 4.69) is 54.7 Å². The van der Waals surface area contributed by atoms with E-state index in [1.165, 1.54) is 29.5 Å². The average molecular weight is 273 g/mol. The Morgan fingerprint density at radius 1 is 1.15 bits per heavy atom. The molecule has 0 saturated carbocycles. The highest BCUT2D eigenvalue weighted by molar-refractivity contribution is 5.77. The molecule has 3 nitrogen and oxygen atoms in total. The minimum atomic E-state index is 0.735. The SMILES string of the molecule is Cc1cc2ncn(CCCCNCC(C)C)c2cc1C. The summed E-state index contributed by atoms with van der Waals surface area (Å²) in [7, 11) is 0. The first-order valence-electron chi connectivity index (χ1n) is 7.70. The first kappa shape index (κ1) is 15.0. The van der Waals surface area contributed by atoms with Crippen molar-refractivity contribution in [1.29, 1.82) is 0 Å². The zero-order chi connectivity index (χ0) is 14.5. The van der Waals surface area contributed by atoms with Crippen LogP contribution in [-0.4, -0.2) is 22.6 Å². The Bertz CT molecular complexity index is 555. The van der Waals surface area contributed by atoms with Gasteiger partial charge in [0.1, 0.15) is 0 Å². The summed E-state index contributed by atoms with van der Waals surface area (Å²) in [4.78, 5) is 4.51. The van der Waals surface area contributed by atoms with Crippen molar-refractivity contribution in [3.8, 4) is 0 Å². The predicted octanol–water partition coefficient (Wildman–Crippen LogP) is 3.68. The zero-order valence-electron chi connectivity index (χ0n) is 13.2. The number of hydrogen-bond acceptors (Lipinski definition) is 2. The molecule has 0 atom stereocenters. The van der Waals surface area contributed by atoms with E-state index in [9.17, 15) is 0 Å². The van der Waals surface area contributed by atoms with Crippen LogP contribution < -0.4 is 5.32 Å². The Morgan fingerprint density at radius 2 is 1.90 bits per heavy atom. The van der Waals surface area contributed by atoms with Crippen molar-refractivity contribution in [2.75, 3.05) is 13.1 Å². The smallest absolute Gasteiger partial charge is 0.0958 e. The van der Waals surface area contributed by atoms with Crippen LogP contribution >= 0.6 is 0 Å². The van der Waals surface area contributed by atoms with Crippen molar-refractivity contribution < 1.29 is 0 Å². The molecule has 0 amide bonds. The minimum absolute atomic E-state index is 0.735. The molecule has 0 unspecified atom stereocenters. The predicted molar refractivity (Wildman–Crippen MR) is 86.1 cm³/mol. The van der Waals surface area contributed by atoms with Gasteiger partial charge in [0, 0.05) is 6.54 Å². The van der Waals surface area contributed by atoms with Crippen molar-refractivity contribution in [2.45, 2.75) is 47.1 Å². The van der Waals surface area contributed by atoms with Crippen LogP contribution in [0.1, 0.15) is 37.8 Å². The van der Waals surface area contributed by atoms with E-state index in [0.717, 1.165) is 31.1 Å². The van der Waals surface area contributed by atoms with Gasteiger partial charge in [0.25, 0.3) is 0 Å². The Hall–Kier alpha value is -1.35. The second-order valence-electron chi connectivity index (χ2n) is 6.17. The largest absolute Gasteiger partial charge is 0.331 e. The molecule has 0 spiro atoms. The third kappa shape index (κ3) is 3.83. The van der Waals surface area contributed by atoms with Gasteiger partial charge < -0.3 is 9.88 Å². The molecule has 1 aromatic carbocycles.